The molecule has 1 unspecified atom stereocenters. The molecule has 0 amide bonds. The van der Waals surface area contributed by atoms with Gasteiger partial charge in [-0.1, -0.05) is 53.3 Å². The number of benzene rings is 2. The second-order valence-corrected chi connectivity index (χ2v) is 10.7. The first kappa shape index (κ1) is 25.2. The molecule has 0 spiro atoms. The van der Waals surface area contributed by atoms with E-state index < -0.39 is 12.0 Å². The molecule has 5 rings (SSSR count). The molecule has 0 radical (unpaired) electrons. The number of hydrogen-bond donors (Lipinski definition) is 0. The first-order valence-corrected chi connectivity index (χ1v) is 13.7. The summed E-state index contributed by atoms with van der Waals surface area (Å²) >= 11 is 8.73. The lowest BCUT2D eigenvalue weighted by molar-refractivity contribution is -0.139. The second kappa shape index (κ2) is 10.9. The Hall–Kier alpha value is -3.46. The Morgan fingerprint density at radius 3 is 2.57 bits per heavy atom. The van der Waals surface area contributed by atoms with E-state index in [0.29, 0.717) is 32.2 Å². The summed E-state index contributed by atoms with van der Waals surface area (Å²) in [6.45, 7) is 4.22. The molecule has 1 aliphatic heterocycles. The highest BCUT2D eigenvalue weighted by Crippen LogP contribution is 2.33. The second-order valence-electron chi connectivity index (χ2n) is 8.30. The van der Waals surface area contributed by atoms with Crippen molar-refractivity contribution in [3.8, 4) is 5.75 Å². The van der Waals surface area contributed by atoms with Crippen LogP contribution in [0, 0.1) is 0 Å². The lowest BCUT2D eigenvalue weighted by atomic mass is 10.0. The molecule has 4 aromatic rings. The number of aromatic nitrogens is 1. The monoisotopic (exact) mass is 550 g/mol. The van der Waals surface area contributed by atoms with Crippen molar-refractivity contribution < 1.29 is 14.3 Å². The number of fused-ring (bicyclic) bond motifs is 1. The van der Waals surface area contributed by atoms with Crippen LogP contribution in [-0.2, 0) is 16.1 Å². The molecule has 0 saturated carbocycles. The third-order valence-electron chi connectivity index (χ3n) is 5.83. The number of allylic oxidation sites excluding steroid dienone is 1. The van der Waals surface area contributed by atoms with Crippen LogP contribution in [0.15, 0.2) is 87.1 Å². The smallest absolute Gasteiger partial charge is 0.338 e. The maximum atomic E-state index is 13.6. The number of thiophene rings is 1. The van der Waals surface area contributed by atoms with Crippen LogP contribution in [0.1, 0.15) is 35.9 Å². The summed E-state index contributed by atoms with van der Waals surface area (Å²) in [6.07, 6.45) is 1.83. The molecule has 0 saturated heterocycles. The van der Waals surface area contributed by atoms with Crippen molar-refractivity contribution in [2.75, 3.05) is 6.61 Å². The molecule has 6 nitrogen and oxygen atoms in total. The standard InChI is InChI=1S/C28H23ClN2O4S2/c1-3-34-27(33)24-17(2)30-28-31(25(24)22-5-4-14-36-22)26(32)23(37-28)15-18-8-12-21(13-9-18)35-16-19-6-10-20(29)11-7-19/h4-15,25H,3,16H2,1-2H3/b23-15-. The number of ether oxygens (including phenoxy) is 2. The van der Waals surface area contributed by atoms with E-state index in [2.05, 4.69) is 4.99 Å². The van der Waals surface area contributed by atoms with Crippen LogP contribution in [0.5, 0.6) is 5.75 Å². The van der Waals surface area contributed by atoms with Crippen LogP contribution < -0.4 is 19.6 Å². The summed E-state index contributed by atoms with van der Waals surface area (Å²) in [5, 5.41) is 2.62. The molecule has 0 aliphatic carbocycles. The van der Waals surface area contributed by atoms with E-state index in [1.54, 1.807) is 18.4 Å². The highest BCUT2D eigenvalue weighted by atomic mass is 35.5. The predicted molar refractivity (Wildman–Crippen MR) is 147 cm³/mol. The van der Waals surface area contributed by atoms with Crippen molar-refractivity contribution in [1.82, 2.24) is 4.57 Å². The molecular weight excluding hydrogens is 528 g/mol. The van der Waals surface area contributed by atoms with E-state index in [1.807, 2.05) is 72.1 Å². The topological polar surface area (TPSA) is 69.9 Å². The van der Waals surface area contributed by atoms with Gasteiger partial charge in [-0.25, -0.2) is 9.79 Å². The Balaban J connectivity index is 1.46. The maximum Gasteiger partial charge on any atom is 0.338 e. The molecule has 3 heterocycles. The third kappa shape index (κ3) is 5.32. The van der Waals surface area contributed by atoms with Crippen molar-refractivity contribution in [1.29, 1.82) is 0 Å². The first-order valence-electron chi connectivity index (χ1n) is 11.6. The van der Waals surface area contributed by atoms with Crippen LogP contribution in [-0.4, -0.2) is 17.1 Å². The Morgan fingerprint density at radius 1 is 1.14 bits per heavy atom. The average Bonchev–Trinajstić information content (AvgIpc) is 3.52. The quantitative estimate of drug-likeness (QED) is 0.300. The molecule has 0 fully saturated rings. The summed E-state index contributed by atoms with van der Waals surface area (Å²) in [5.41, 5.74) is 2.64. The molecule has 2 aromatic heterocycles. The summed E-state index contributed by atoms with van der Waals surface area (Å²) in [4.78, 5) is 32.5. The molecule has 1 aliphatic rings. The van der Waals surface area contributed by atoms with Gasteiger partial charge in [0.15, 0.2) is 4.80 Å². The van der Waals surface area contributed by atoms with Crippen LogP contribution >= 0.6 is 34.3 Å². The van der Waals surface area contributed by atoms with Gasteiger partial charge < -0.3 is 9.47 Å². The van der Waals surface area contributed by atoms with Gasteiger partial charge >= 0.3 is 5.97 Å². The number of hydrogen-bond acceptors (Lipinski definition) is 7. The predicted octanol–water partition coefficient (Wildman–Crippen LogP) is 5.09. The van der Waals surface area contributed by atoms with Crippen LogP contribution in [0.4, 0.5) is 0 Å². The zero-order valence-electron chi connectivity index (χ0n) is 20.1. The fourth-order valence-corrected chi connectivity index (χ4v) is 6.06. The van der Waals surface area contributed by atoms with E-state index in [4.69, 9.17) is 21.1 Å². The van der Waals surface area contributed by atoms with Gasteiger partial charge in [-0.2, -0.15) is 0 Å². The summed E-state index contributed by atoms with van der Waals surface area (Å²) in [5.74, 6) is 0.270. The van der Waals surface area contributed by atoms with E-state index in [1.165, 1.54) is 22.7 Å². The van der Waals surface area contributed by atoms with Gasteiger partial charge in [0.05, 0.1) is 22.4 Å². The number of carbonyl (C=O) groups is 1. The van der Waals surface area contributed by atoms with Crippen LogP contribution in [0.25, 0.3) is 6.08 Å². The normalized spacial score (nSPS) is 15.3. The minimum atomic E-state index is -0.568. The summed E-state index contributed by atoms with van der Waals surface area (Å²) in [7, 11) is 0. The SMILES string of the molecule is CCOC(=O)C1=C(C)N=c2s/c(=C\c3ccc(OCc4ccc(Cl)cc4)cc3)c(=O)n2C1c1cccs1. The van der Waals surface area contributed by atoms with Gasteiger partial charge in [0, 0.05) is 9.90 Å². The molecule has 0 N–H and O–H groups in total. The van der Waals surface area contributed by atoms with Gasteiger partial charge in [-0.05, 0) is 66.8 Å². The maximum absolute atomic E-state index is 13.6. The van der Waals surface area contributed by atoms with E-state index >= 15 is 0 Å². The Bertz CT molecular complexity index is 1630. The minimum Gasteiger partial charge on any atom is -0.489 e. The number of halogens is 1. The van der Waals surface area contributed by atoms with Gasteiger partial charge in [-0.3, -0.25) is 9.36 Å². The van der Waals surface area contributed by atoms with Crippen molar-refractivity contribution in [3.63, 3.8) is 0 Å². The fraction of sp³-hybridized carbons (Fsp3) is 0.179. The van der Waals surface area contributed by atoms with Crippen molar-refractivity contribution >= 4 is 46.3 Å². The van der Waals surface area contributed by atoms with Gasteiger partial charge in [0.25, 0.3) is 5.56 Å². The van der Waals surface area contributed by atoms with Crippen LogP contribution in [0.3, 0.4) is 0 Å². The Kier molecular flexibility index (Phi) is 7.41. The summed E-state index contributed by atoms with van der Waals surface area (Å²) in [6, 6.07) is 18.3. The number of rotatable bonds is 7. The molecule has 37 heavy (non-hydrogen) atoms. The van der Waals surface area contributed by atoms with Gasteiger partial charge in [0.2, 0.25) is 0 Å². The van der Waals surface area contributed by atoms with Gasteiger partial charge in [0.1, 0.15) is 18.4 Å². The molecule has 0 bridgehead atoms. The number of thiazole rings is 1. The van der Waals surface area contributed by atoms with Crippen LogP contribution in [0.2, 0.25) is 5.02 Å². The van der Waals surface area contributed by atoms with Crippen molar-refractivity contribution in [2.45, 2.75) is 26.5 Å². The molecule has 188 valence electrons. The highest BCUT2D eigenvalue weighted by Gasteiger charge is 2.33. The lowest BCUT2D eigenvalue weighted by Crippen LogP contribution is -2.39. The number of carbonyl (C=O) groups excluding carboxylic acids is 1. The van der Waals surface area contributed by atoms with E-state index in [0.717, 1.165) is 21.8 Å². The largest absolute Gasteiger partial charge is 0.489 e. The zero-order chi connectivity index (χ0) is 25.9. The van der Waals surface area contributed by atoms with E-state index in [-0.39, 0.29) is 12.2 Å². The fourth-order valence-electron chi connectivity index (χ4n) is 4.07. The first-order chi connectivity index (χ1) is 17.9. The molecule has 1 atom stereocenters. The average molecular weight is 551 g/mol. The number of esters is 1. The molecule has 2 aromatic carbocycles. The highest BCUT2D eigenvalue weighted by molar-refractivity contribution is 7.10. The Labute approximate surface area is 226 Å². The van der Waals surface area contributed by atoms with Crippen molar-refractivity contribution in [2.24, 2.45) is 4.99 Å². The lowest BCUT2D eigenvalue weighted by Gasteiger charge is -2.23. The molecular formula is C28H23ClN2O4S2. The van der Waals surface area contributed by atoms with E-state index in [9.17, 15) is 9.59 Å². The minimum absolute atomic E-state index is 0.195. The Morgan fingerprint density at radius 2 is 1.89 bits per heavy atom. The third-order valence-corrected chi connectivity index (χ3v) is 7.99. The number of nitrogens with zero attached hydrogens (tertiary/aromatic N) is 2. The van der Waals surface area contributed by atoms with Gasteiger partial charge in [-0.15, -0.1) is 11.3 Å². The zero-order valence-corrected chi connectivity index (χ0v) is 22.5. The molecule has 9 heteroatoms. The van der Waals surface area contributed by atoms with Crippen molar-refractivity contribution in [3.05, 3.63) is 118 Å². The summed E-state index contributed by atoms with van der Waals surface area (Å²) < 4.78 is 13.3.